The maximum Gasteiger partial charge on any atom is 0.160 e. The third-order valence-electron chi connectivity index (χ3n) is 2.44. The highest BCUT2D eigenvalue weighted by molar-refractivity contribution is 7.79. The first-order valence-corrected chi connectivity index (χ1v) is 5.77. The Morgan fingerprint density at radius 3 is 2.69 bits per heavy atom. The molecule has 16 heavy (non-hydrogen) atoms. The fourth-order valence-electron chi connectivity index (χ4n) is 1.57. The Bertz CT molecular complexity index is 444. The van der Waals surface area contributed by atoms with Gasteiger partial charge < -0.3 is 0 Å². The van der Waals surface area contributed by atoms with E-state index in [1.54, 1.807) is 19.1 Å². The number of carbonyl (C=O) groups excluding carboxylic acids is 1. The maximum atomic E-state index is 11.6. The Balaban J connectivity index is 3.33. The fraction of sp³-hybridized carbons (Fsp3) is 0.214. The Morgan fingerprint density at radius 1 is 1.50 bits per heavy atom. The van der Waals surface area contributed by atoms with Crippen LogP contribution in [0.1, 0.15) is 23.6 Å². The molecule has 84 valence electrons. The Kier molecular flexibility index (Phi) is 4.56. The molecule has 0 unspecified atom stereocenters. The summed E-state index contributed by atoms with van der Waals surface area (Å²) in [5.74, 6) is 0.728. The first-order chi connectivity index (χ1) is 7.60. The van der Waals surface area contributed by atoms with Crippen molar-refractivity contribution >= 4 is 24.0 Å². The van der Waals surface area contributed by atoms with Gasteiger partial charge in [-0.15, -0.1) is 0 Å². The number of allylic oxidation sites excluding steroid dienone is 3. The van der Waals surface area contributed by atoms with Crippen LogP contribution >= 0.6 is 12.6 Å². The van der Waals surface area contributed by atoms with Gasteiger partial charge in [-0.3, -0.25) is 4.79 Å². The molecule has 0 bridgehead atoms. The van der Waals surface area contributed by atoms with Crippen molar-refractivity contribution in [1.29, 1.82) is 0 Å². The molecule has 0 aliphatic rings. The molecule has 1 rings (SSSR count). The normalized spacial score (nSPS) is 11.3. The highest BCUT2D eigenvalue weighted by Crippen LogP contribution is 2.22. The highest BCUT2D eigenvalue weighted by Gasteiger charge is 2.09. The van der Waals surface area contributed by atoms with Crippen molar-refractivity contribution in [3.8, 4) is 0 Å². The molecule has 2 heteroatoms. The summed E-state index contributed by atoms with van der Waals surface area (Å²) in [5, 5.41) is 0. The smallest absolute Gasteiger partial charge is 0.160 e. The van der Waals surface area contributed by atoms with Gasteiger partial charge in [0, 0.05) is 11.3 Å². The van der Waals surface area contributed by atoms with E-state index in [-0.39, 0.29) is 5.78 Å². The maximum absolute atomic E-state index is 11.6. The lowest BCUT2D eigenvalue weighted by Gasteiger charge is -2.09. The number of rotatable bonds is 4. The number of ketones is 1. The minimum Gasteiger partial charge on any atom is -0.294 e. The highest BCUT2D eigenvalue weighted by atomic mass is 32.1. The van der Waals surface area contributed by atoms with Crippen LogP contribution in [0.25, 0.3) is 5.57 Å². The van der Waals surface area contributed by atoms with Gasteiger partial charge in [-0.1, -0.05) is 30.9 Å². The van der Waals surface area contributed by atoms with Crippen molar-refractivity contribution in [3.05, 3.63) is 53.6 Å². The predicted octanol–water partition coefficient (Wildman–Crippen LogP) is 3.58. The lowest BCUT2D eigenvalue weighted by Crippen LogP contribution is -1.99. The molecular weight excluding hydrogens is 216 g/mol. The summed E-state index contributed by atoms with van der Waals surface area (Å²) >= 11 is 4.24. The molecule has 0 N–H and O–H groups in total. The SMILES string of the molecule is C=C/C=C(/C(C)=O)c1cc(CS)ccc1C. The lowest BCUT2D eigenvalue weighted by atomic mass is 9.96. The van der Waals surface area contributed by atoms with E-state index in [2.05, 4.69) is 19.2 Å². The Labute approximate surface area is 102 Å². The van der Waals surface area contributed by atoms with Gasteiger partial charge in [0.15, 0.2) is 5.78 Å². The van der Waals surface area contributed by atoms with Crippen molar-refractivity contribution in [2.45, 2.75) is 19.6 Å². The number of thiol groups is 1. The van der Waals surface area contributed by atoms with Gasteiger partial charge in [0.05, 0.1) is 0 Å². The topological polar surface area (TPSA) is 17.1 Å². The molecule has 1 aromatic carbocycles. The quantitative estimate of drug-likeness (QED) is 0.477. The summed E-state index contributed by atoms with van der Waals surface area (Å²) in [6.07, 6.45) is 3.40. The van der Waals surface area contributed by atoms with Crippen LogP contribution in [0.3, 0.4) is 0 Å². The molecule has 0 saturated carbocycles. The standard InChI is InChI=1S/C14H16OS/c1-4-5-13(11(3)15)14-8-12(9-16)7-6-10(14)2/h4-8,16H,1,9H2,2-3H3/b13-5-. The van der Waals surface area contributed by atoms with Crippen LogP contribution in [0.5, 0.6) is 0 Å². The summed E-state index contributed by atoms with van der Waals surface area (Å²) in [7, 11) is 0. The molecule has 0 aliphatic heterocycles. The van der Waals surface area contributed by atoms with Gasteiger partial charge in [-0.25, -0.2) is 0 Å². The second kappa shape index (κ2) is 5.71. The summed E-state index contributed by atoms with van der Waals surface area (Å²) in [5.41, 5.74) is 3.88. The number of hydrogen-bond acceptors (Lipinski definition) is 2. The van der Waals surface area contributed by atoms with Gasteiger partial charge in [0.25, 0.3) is 0 Å². The van der Waals surface area contributed by atoms with Crippen molar-refractivity contribution in [2.75, 3.05) is 0 Å². The summed E-state index contributed by atoms with van der Waals surface area (Å²) < 4.78 is 0. The van der Waals surface area contributed by atoms with E-state index in [4.69, 9.17) is 0 Å². The third kappa shape index (κ3) is 2.86. The van der Waals surface area contributed by atoms with Crippen LogP contribution in [0.15, 0.2) is 36.9 Å². The number of aryl methyl sites for hydroxylation is 1. The van der Waals surface area contributed by atoms with Crippen LogP contribution in [0.4, 0.5) is 0 Å². The van der Waals surface area contributed by atoms with Gasteiger partial charge in [0.2, 0.25) is 0 Å². The minimum absolute atomic E-state index is 0.0549. The Morgan fingerprint density at radius 2 is 2.19 bits per heavy atom. The predicted molar refractivity (Wildman–Crippen MR) is 72.7 cm³/mol. The molecule has 1 aromatic rings. The zero-order valence-electron chi connectivity index (χ0n) is 9.66. The lowest BCUT2D eigenvalue weighted by molar-refractivity contribution is -0.111. The first kappa shape index (κ1) is 12.8. The zero-order valence-corrected chi connectivity index (χ0v) is 10.6. The van der Waals surface area contributed by atoms with Gasteiger partial charge >= 0.3 is 0 Å². The molecule has 0 aliphatic carbocycles. The average Bonchev–Trinajstić information content (AvgIpc) is 2.27. The van der Waals surface area contributed by atoms with E-state index in [9.17, 15) is 4.79 Å². The molecule has 0 radical (unpaired) electrons. The molecule has 0 fully saturated rings. The minimum atomic E-state index is 0.0549. The number of carbonyl (C=O) groups is 1. The van der Waals surface area contributed by atoms with Crippen LogP contribution in [-0.2, 0) is 10.5 Å². The first-order valence-electron chi connectivity index (χ1n) is 5.14. The van der Waals surface area contributed by atoms with Gasteiger partial charge in [0.1, 0.15) is 0 Å². The van der Waals surface area contributed by atoms with E-state index in [1.807, 2.05) is 25.1 Å². The number of benzene rings is 1. The zero-order chi connectivity index (χ0) is 12.1. The molecule has 0 amide bonds. The van der Waals surface area contributed by atoms with E-state index >= 15 is 0 Å². The third-order valence-corrected chi connectivity index (χ3v) is 2.80. The van der Waals surface area contributed by atoms with Crippen molar-refractivity contribution in [2.24, 2.45) is 0 Å². The second-order valence-corrected chi connectivity index (χ2v) is 4.00. The Hall–Kier alpha value is -1.28. The summed E-state index contributed by atoms with van der Waals surface area (Å²) in [6.45, 7) is 7.21. The van der Waals surface area contributed by atoms with Crippen molar-refractivity contribution in [3.63, 3.8) is 0 Å². The van der Waals surface area contributed by atoms with E-state index < -0.39 is 0 Å². The van der Waals surface area contributed by atoms with E-state index in [1.165, 1.54) is 0 Å². The number of hydrogen-bond donors (Lipinski definition) is 1. The fourth-order valence-corrected chi connectivity index (χ4v) is 1.77. The largest absolute Gasteiger partial charge is 0.294 e. The molecule has 0 heterocycles. The molecular formula is C14H16OS. The van der Waals surface area contributed by atoms with E-state index in [0.717, 1.165) is 16.7 Å². The average molecular weight is 232 g/mol. The van der Waals surface area contributed by atoms with Crippen molar-refractivity contribution < 1.29 is 4.79 Å². The van der Waals surface area contributed by atoms with Crippen LogP contribution in [-0.4, -0.2) is 5.78 Å². The molecule has 0 saturated heterocycles. The van der Waals surface area contributed by atoms with Crippen LogP contribution < -0.4 is 0 Å². The van der Waals surface area contributed by atoms with E-state index in [0.29, 0.717) is 11.3 Å². The molecule has 0 spiro atoms. The van der Waals surface area contributed by atoms with Crippen LogP contribution in [0, 0.1) is 6.92 Å². The van der Waals surface area contributed by atoms with Gasteiger partial charge in [-0.2, -0.15) is 12.6 Å². The van der Waals surface area contributed by atoms with Crippen LogP contribution in [0.2, 0.25) is 0 Å². The summed E-state index contributed by atoms with van der Waals surface area (Å²) in [6, 6.07) is 6.05. The molecule has 0 atom stereocenters. The summed E-state index contributed by atoms with van der Waals surface area (Å²) in [4.78, 5) is 11.6. The van der Waals surface area contributed by atoms with Gasteiger partial charge in [-0.05, 0) is 36.6 Å². The monoisotopic (exact) mass is 232 g/mol. The number of Topliss-reactive ketones (excluding diaryl/α,β-unsaturated/α-hetero) is 1. The molecule has 1 nitrogen and oxygen atoms in total. The molecule has 0 aromatic heterocycles. The van der Waals surface area contributed by atoms with Crippen molar-refractivity contribution in [1.82, 2.24) is 0 Å². The second-order valence-electron chi connectivity index (χ2n) is 3.68.